The van der Waals surface area contributed by atoms with E-state index in [0.717, 1.165) is 3.57 Å². The molecule has 5 nitrogen and oxygen atoms in total. The van der Waals surface area contributed by atoms with Gasteiger partial charge in [0.15, 0.2) is 0 Å². The second-order valence-corrected chi connectivity index (χ2v) is 4.73. The molecule has 0 aliphatic heterocycles. The van der Waals surface area contributed by atoms with Gasteiger partial charge in [0, 0.05) is 22.5 Å². The van der Waals surface area contributed by atoms with Gasteiger partial charge < -0.3 is 9.67 Å². The number of carbonyl (C=O) groups is 1. The van der Waals surface area contributed by atoms with Gasteiger partial charge in [-0.25, -0.2) is 9.78 Å². The summed E-state index contributed by atoms with van der Waals surface area (Å²) < 4.78 is 2.47. The Morgan fingerprint density at radius 1 is 1.59 bits per heavy atom. The van der Waals surface area contributed by atoms with Crippen LogP contribution in [0.4, 0.5) is 0 Å². The number of nitrogens with zero attached hydrogens (tertiary/aromatic N) is 2. The van der Waals surface area contributed by atoms with Crippen LogP contribution in [0.3, 0.4) is 0 Å². The van der Waals surface area contributed by atoms with Crippen molar-refractivity contribution < 1.29 is 9.90 Å². The van der Waals surface area contributed by atoms with E-state index in [1.807, 2.05) is 29.5 Å². The van der Waals surface area contributed by atoms with Gasteiger partial charge in [-0.15, -0.1) is 0 Å². The number of rotatable bonds is 2. The van der Waals surface area contributed by atoms with Crippen molar-refractivity contribution in [1.29, 1.82) is 0 Å². The molecule has 17 heavy (non-hydrogen) atoms. The van der Waals surface area contributed by atoms with Crippen LogP contribution in [-0.4, -0.2) is 20.6 Å². The molecule has 0 aliphatic carbocycles. The summed E-state index contributed by atoms with van der Waals surface area (Å²) >= 11 is 2.04. The SMILES string of the molecule is CCn1cc(C(=O)O)c(=O)c2cc(I)cnc21. The average molecular weight is 344 g/mol. The normalized spacial score (nSPS) is 10.7. The minimum Gasteiger partial charge on any atom is -0.477 e. The van der Waals surface area contributed by atoms with Crippen LogP contribution < -0.4 is 5.43 Å². The van der Waals surface area contributed by atoms with Crippen LogP contribution in [0.15, 0.2) is 23.3 Å². The molecule has 2 aromatic heterocycles. The molecule has 88 valence electrons. The van der Waals surface area contributed by atoms with Crippen LogP contribution in [0.25, 0.3) is 11.0 Å². The highest BCUT2D eigenvalue weighted by Gasteiger charge is 2.14. The highest BCUT2D eigenvalue weighted by molar-refractivity contribution is 14.1. The van der Waals surface area contributed by atoms with E-state index in [4.69, 9.17) is 5.11 Å². The molecule has 2 rings (SSSR count). The molecule has 0 unspecified atom stereocenters. The molecule has 0 aliphatic rings. The van der Waals surface area contributed by atoms with Crippen LogP contribution in [0, 0.1) is 3.57 Å². The highest BCUT2D eigenvalue weighted by Crippen LogP contribution is 2.13. The quantitative estimate of drug-likeness (QED) is 0.842. The summed E-state index contributed by atoms with van der Waals surface area (Å²) in [5.41, 5.74) is -0.186. The largest absolute Gasteiger partial charge is 0.477 e. The molecule has 0 saturated carbocycles. The number of fused-ring (bicyclic) bond motifs is 1. The molecule has 0 amide bonds. The van der Waals surface area contributed by atoms with Crippen molar-refractivity contribution in [3.63, 3.8) is 0 Å². The number of halogens is 1. The summed E-state index contributed by atoms with van der Waals surface area (Å²) in [4.78, 5) is 27.1. The number of carboxylic acid groups (broad SMARTS) is 1. The predicted octanol–water partition coefficient (Wildman–Crippen LogP) is 1.72. The number of pyridine rings is 2. The van der Waals surface area contributed by atoms with E-state index < -0.39 is 11.4 Å². The second-order valence-electron chi connectivity index (χ2n) is 3.49. The Balaban J connectivity index is 2.96. The Bertz CT molecular complexity index is 664. The van der Waals surface area contributed by atoms with Gasteiger partial charge in [0.05, 0.1) is 5.39 Å². The first-order valence-corrected chi connectivity index (χ1v) is 6.04. The summed E-state index contributed by atoms with van der Waals surface area (Å²) in [6.07, 6.45) is 2.99. The van der Waals surface area contributed by atoms with Gasteiger partial charge in [0.25, 0.3) is 0 Å². The molecule has 0 fully saturated rings. The van der Waals surface area contributed by atoms with Gasteiger partial charge in [-0.3, -0.25) is 4.79 Å². The summed E-state index contributed by atoms with van der Waals surface area (Å²) in [7, 11) is 0. The molecule has 2 heterocycles. The first-order valence-electron chi connectivity index (χ1n) is 4.96. The van der Waals surface area contributed by atoms with Crippen molar-refractivity contribution in [2.24, 2.45) is 0 Å². The van der Waals surface area contributed by atoms with Gasteiger partial charge in [0.1, 0.15) is 11.2 Å². The van der Waals surface area contributed by atoms with E-state index in [-0.39, 0.29) is 5.56 Å². The van der Waals surface area contributed by atoms with Crippen molar-refractivity contribution in [3.05, 3.63) is 37.8 Å². The Morgan fingerprint density at radius 2 is 2.29 bits per heavy atom. The van der Waals surface area contributed by atoms with E-state index in [9.17, 15) is 9.59 Å². The molecule has 2 aromatic rings. The monoisotopic (exact) mass is 344 g/mol. The van der Waals surface area contributed by atoms with E-state index in [1.165, 1.54) is 6.20 Å². The lowest BCUT2D eigenvalue weighted by molar-refractivity contribution is 0.0695. The standard InChI is InChI=1S/C11H9IN2O3/c1-2-14-5-8(11(16)17)9(15)7-3-6(12)4-13-10(7)14/h3-5H,2H2,1H3,(H,16,17). The molecule has 1 N–H and O–H groups in total. The van der Waals surface area contributed by atoms with E-state index in [0.29, 0.717) is 17.6 Å². The zero-order valence-corrected chi connectivity index (χ0v) is 11.1. The summed E-state index contributed by atoms with van der Waals surface area (Å²) in [5.74, 6) is -1.21. The summed E-state index contributed by atoms with van der Waals surface area (Å²) in [6, 6.07) is 1.66. The first-order chi connectivity index (χ1) is 8.04. The molecular weight excluding hydrogens is 335 g/mol. The van der Waals surface area contributed by atoms with Crippen molar-refractivity contribution in [1.82, 2.24) is 9.55 Å². The lowest BCUT2D eigenvalue weighted by Crippen LogP contribution is -2.19. The molecule has 0 radical (unpaired) electrons. The van der Waals surface area contributed by atoms with Crippen LogP contribution in [0.2, 0.25) is 0 Å². The average Bonchev–Trinajstić information content (AvgIpc) is 2.29. The topological polar surface area (TPSA) is 72.2 Å². The number of hydrogen-bond donors (Lipinski definition) is 1. The smallest absolute Gasteiger partial charge is 0.341 e. The Kier molecular flexibility index (Phi) is 3.14. The minimum atomic E-state index is -1.21. The van der Waals surface area contributed by atoms with Crippen molar-refractivity contribution in [3.8, 4) is 0 Å². The molecule has 0 saturated heterocycles. The first kappa shape index (κ1) is 12.0. The third-order valence-corrected chi connectivity index (χ3v) is 3.04. The van der Waals surface area contributed by atoms with Crippen LogP contribution in [0.5, 0.6) is 0 Å². The summed E-state index contributed by atoms with van der Waals surface area (Å²) in [5, 5.41) is 9.32. The Morgan fingerprint density at radius 3 is 2.88 bits per heavy atom. The Hall–Kier alpha value is -1.44. The van der Waals surface area contributed by atoms with Crippen molar-refractivity contribution in [2.45, 2.75) is 13.5 Å². The molecular formula is C11H9IN2O3. The predicted molar refractivity (Wildman–Crippen MR) is 71.4 cm³/mol. The van der Waals surface area contributed by atoms with Gasteiger partial charge >= 0.3 is 5.97 Å². The minimum absolute atomic E-state index is 0.219. The molecule has 0 spiro atoms. The fourth-order valence-corrected chi connectivity index (χ4v) is 2.09. The maximum absolute atomic E-state index is 12.0. The maximum atomic E-state index is 12.0. The molecule has 0 aromatic carbocycles. The van der Waals surface area contributed by atoms with E-state index in [2.05, 4.69) is 4.98 Å². The summed E-state index contributed by atoms with van der Waals surface area (Å²) in [6.45, 7) is 2.43. The lowest BCUT2D eigenvalue weighted by Gasteiger charge is -2.08. The number of hydrogen-bond acceptors (Lipinski definition) is 3. The molecule has 0 atom stereocenters. The van der Waals surface area contributed by atoms with Crippen LogP contribution in [0.1, 0.15) is 17.3 Å². The fourth-order valence-electron chi connectivity index (χ4n) is 1.64. The van der Waals surface area contributed by atoms with E-state index >= 15 is 0 Å². The second kappa shape index (κ2) is 4.44. The Labute approximate surface area is 110 Å². The third-order valence-electron chi connectivity index (χ3n) is 2.45. The number of aromatic carboxylic acids is 1. The maximum Gasteiger partial charge on any atom is 0.341 e. The number of carboxylic acids is 1. The number of aromatic nitrogens is 2. The zero-order valence-electron chi connectivity index (χ0n) is 8.98. The van der Waals surface area contributed by atoms with Gasteiger partial charge in [-0.2, -0.15) is 0 Å². The molecule has 6 heteroatoms. The van der Waals surface area contributed by atoms with Crippen LogP contribution in [-0.2, 0) is 6.54 Å². The van der Waals surface area contributed by atoms with Gasteiger partial charge in [-0.05, 0) is 35.6 Å². The van der Waals surface area contributed by atoms with Gasteiger partial charge in [-0.1, -0.05) is 0 Å². The fraction of sp³-hybridized carbons (Fsp3) is 0.182. The van der Waals surface area contributed by atoms with Crippen molar-refractivity contribution >= 4 is 39.6 Å². The van der Waals surface area contributed by atoms with Gasteiger partial charge in [0.2, 0.25) is 5.43 Å². The zero-order chi connectivity index (χ0) is 12.6. The number of aryl methyl sites for hydroxylation is 1. The van der Waals surface area contributed by atoms with Crippen LogP contribution >= 0.6 is 22.6 Å². The van der Waals surface area contributed by atoms with E-state index in [1.54, 1.807) is 16.8 Å². The van der Waals surface area contributed by atoms with Crippen molar-refractivity contribution in [2.75, 3.05) is 0 Å². The lowest BCUT2D eigenvalue weighted by atomic mass is 10.2. The molecule has 0 bridgehead atoms. The third kappa shape index (κ3) is 2.04. The highest BCUT2D eigenvalue weighted by atomic mass is 127.